The predicted octanol–water partition coefficient (Wildman–Crippen LogP) is 3.45. The number of hydrogen-bond acceptors (Lipinski definition) is 4. The maximum absolute atomic E-state index is 13.0. The molecule has 10 heteroatoms. The lowest BCUT2D eigenvalue weighted by molar-refractivity contribution is -0.138. The van der Waals surface area contributed by atoms with Crippen LogP contribution in [0.3, 0.4) is 0 Å². The van der Waals surface area contributed by atoms with Crippen LogP contribution in [-0.2, 0) is 22.3 Å². The summed E-state index contributed by atoms with van der Waals surface area (Å²) in [5, 5.41) is -0.0717. The van der Waals surface area contributed by atoms with E-state index in [-0.39, 0.29) is 35.0 Å². The number of likely N-dealkylation sites (tertiary alicyclic amines) is 1. The quantitative estimate of drug-likeness (QED) is 0.692. The number of piperazine rings is 1. The molecule has 0 saturated carbocycles. The number of hydrogen-bond donors (Lipinski definition) is 0. The third-order valence-corrected chi connectivity index (χ3v) is 6.10. The Morgan fingerprint density at radius 1 is 1.12 bits per heavy atom. The van der Waals surface area contributed by atoms with Gasteiger partial charge in [0.25, 0.3) is 0 Å². The number of carbonyl (C=O) groups excluding carboxylic acids is 2. The minimum absolute atomic E-state index is 0.0356. The van der Waals surface area contributed by atoms with Crippen LogP contribution in [0.4, 0.5) is 19.0 Å². The number of alkyl halides is 3. The van der Waals surface area contributed by atoms with E-state index in [1.807, 2.05) is 30.3 Å². The van der Waals surface area contributed by atoms with Crippen molar-refractivity contribution in [3.63, 3.8) is 0 Å². The summed E-state index contributed by atoms with van der Waals surface area (Å²) in [5.41, 5.74) is 0.120. The molecule has 0 spiro atoms. The first-order valence-electron chi connectivity index (χ1n) is 10.3. The van der Waals surface area contributed by atoms with Gasteiger partial charge in [-0.05, 0) is 11.6 Å². The van der Waals surface area contributed by atoms with Crippen LogP contribution in [-0.4, -0.2) is 59.3 Å². The number of amides is 2. The van der Waals surface area contributed by atoms with Crippen molar-refractivity contribution in [3.05, 3.63) is 58.7 Å². The second-order valence-corrected chi connectivity index (χ2v) is 8.41. The smallest absolute Gasteiger partial charge is 0.352 e. The lowest BCUT2D eigenvalue weighted by Crippen LogP contribution is -2.51. The van der Waals surface area contributed by atoms with Crippen LogP contribution in [0.2, 0.25) is 5.02 Å². The Bertz CT molecular complexity index is 994. The van der Waals surface area contributed by atoms with Gasteiger partial charge in [-0.1, -0.05) is 41.9 Å². The van der Waals surface area contributed by atoms with Crippen molar-refractivity contribution in [3.8, 4) is 0 Å². The lowest BCUT2D eigenvalue weighted by Gasteiger charge is -2.36. The van der Waals surface area contributed by atoms with Crippen molar-refractivity contribution in [2.75, 3.05) is 37.6 Å². The summed E-state index contributed by atoms with van der Waals surface area (Å²) in [4.78, 5) is 34.4. The van der Waals surface area contributed by atoms with Gasteiger partial charge < -0.3 is 14.7 Å². The van der Waals surface area contributed by atoms with E-state index in [9.17, 15) is 22.8 Å². The van der Waals surface area contributed by atoms with Crippen LogP contribution >= 0.6 is 11.6 Å². The average Bonchev–Trinajstić information content (AvgIpc) is 3.13. The van der Waals surface area contributed by atoms with Crippen LogP contribution in [0.5, 0.6) is 0 Å². The predicted molar refractivity (Wildman–Crippen MR) is 113 cm³/mol. The molecule has 1 atom stereocenters. The normalized spacial score (nSPS) is 19.6. The Labute approximate surface area is 188 Å². The number of rotatable bonds is 4. The number of halogens is 4. The molecular weight excluding hydrogens is 445 g/mol. The molecule has 0 aliphatic carbocycles. The van der Waals surface area contributed by atoms with E-state index in [1.165, 1.54) is 0 Å². The molecule has 0 bridgehead atoms. The zero-order chi connectivity index (χ0) is 22.9. The first-order chi connectivity index (χ1) is 15.2. The number of aromatic nitrogens is 1. The number of pyridine rings is 1. The fraction of sp³-hybridized carbons (Fsp3) is 0.409. The highest BCUT2D eigenvalue weighted by molar-refractivity contribution is 6.33. The second-order valence-electron chi connectivity index (χ2n) is 8.00. The number of benzene rings is 1. The molecule has 1 aromatic carbocycles. The summed E-state index contributed by atoms with van der Waals surface area (Å²) in [7, 11) is 0. The van der Waals surface area contributed by atoms with Crippen LogP contribution in [0.25, 0.3) is 0 Å². The zero-order valence-corrected chi connectivity index (χ0v) is 17.9. The standard InChI is InChI=1S/C22H22ClF3N4O2/c23-18-11-17(22(24,25)26)12-27-20(18)28-6-8-29(9-7-28)21(32)16-10-19(31)30(14-16)13-15-4-2-1-3-5-15/h1-5,11-12,16H,6-10,13-14H2. The molecule has 2 aliphatic heterocycles. The van der Waals surface area contributed by atoms with E-state index >= 15 is 0 Å². The summed E-state index contributed by atoms with van der Waals surface area (Å²) in [6.07, 6.45) is -3.55. The van der Waals surface area contributed by atoms with E-state index in [1.54, 1.807) is 14.7 Å². The van der Waals surface area contributed by atoms with Gasteiger partial charge in [0.2, 0.25) is 11.8 Å². The van der Waals surface area contributed by atoms with Crippen LogP contribution < -0.4 is 4.90 Å². The van der Waals surface area contributed by atoms with Crippen LogP contribution in [0, 0.1) is 5.92 Å². The Morgan fingerprint density at radius 3 is 2.44 bits per heavy atom. The van der Waals surface area contributed by atoms with E-state index in [2.05, 4.69) is 4.98 Å². The maximum atomic E-state index is 13.0. The second kappa shape index (κ2) is 8.97. The largest absolute Gasteiger partial charge is 0.417 e. The van der Waals surface area contributed by atoms with Gasteiger partial charge in [-0.2, -0.15) is 13.2 Å². The topological polar surface area (TPSA) is 56.8 Å². The Hall–Kier alpha value is -2.81. The summed E-state index contributed by atoms with van der Waals surface area (Å²) in [5.74, 6) is -0.214. The van der Waals surface area contributed by atoms with Crippen molar-refractivity contribution in [1.29, 1.82) is 0 Å². The molecule has 3 heterocycles. The van der Waals surface area contributed by atoms with Gasteiger partial charge in [0, 0.05) is 51.9 Å². The highest BCUT2D eigenvalue weighted by Crippen LogP contribution is 2.34. The third kappa shape index (κ3) is 4.82. The van der Waals surface area contributed by atoms with E-state index < -0.39 is 11.7 Å². The van der Waals surface area contributed by atoms with Gasteiger partial charge in [0.1, 0.15) is 5.82 Å². The first-order valence-corrected chi connectivity index (χ1v) is 10.7. The van der Waals surface area contributed by atoms with E-state index in [4.69, 9.17) is 11.6 Å². The molecule has 170 valence electrons. The van der Waals surface area contributed by atoms with Crippen molar-refractivity contribution in [2.45, 2.75) is 19.1 Å². The Kier molecular flexibility index (Phi) is 6.28. The SMILES string of the molecule is O=C1CC(C(=O)N2CCN(c3ncc(C(F)(F)F)cc3Cl)CC2)CN1Cc1ccccc1. The molecule has 2 aromatic rings. The summed E-state index contributed by atoms with van der Waals surface area (Å²) in [6, 6.07) is 10.5. The molecule has 0 N–H and O–H groups in total. The van der Waals surface area contributed by atoms with Gasteiger partial charge in [-0.25, -0.2) is 4.98 Å². The molecule has 6 nitrogen and oxygen atoms in total. The van der Waals surface area contributed by atoms with Gasteiger partial charge in [-0.3, -0.25) is 9.59 Å². The number of nitrogens with zero attached hydrogens (tertiary/aromatic N) is 4. The van der Waals surface area contributed by atoms with Crippen molar-refractivity contribution in [1.82, 2.24) is 14.8 Å². The molecule has 2 saturated heterocycles. The molecule has 1 aromatic heterocycles. The molecule has 1 unspecified atom stereocenters. The lowest BCUT2D eigenvalue weighted by atomic mass is 10.1. The fourth-order valence-corrected chi connectivity index (χ4v) is 4.40. The molecule has 2 fully saturated rings. The molecule has 4 rings (SSSR count). The van der Waals surface area contributed by atoms with E-state index in [0.717, 1.165) is 17.8 Å². The minimum atomic E-state index is -4.51. The Morgan fingerprint density at radius 2 is 1.81 bits per heavy atom. The molecule has 2 amide bonds. The first kappa shape index (κ1) is 22.4. The highest BCUT2D eigenvalue weighted by Gasteiger charge is 2.37. The van der Waals surface area contributed by atoms with Crippen molar-refractivity contribution >= 4 is 29.2 Å². The molecular formula is C22H22ClF3N4O2. The zero-order valence-electron chi connectivity index (χ0n) is 17.2. The number of anilines is 1. The fourth-order valence-electron chi connectivity index (χ4n) is 4.11. The minimum Gasteiger partial charge on any atom is -0.352 e. The summed E-state index contributed by atoms with van der Waals surface area (Å²) in [6.45, 7) is 2.45. The van der Waals surface area contributed by atoms with Crippen LogP contribution in [0.15, 0.2) is 42.6 Å². The molecule has 32 heavy (non-hydrogen) atoms. The van der Waals surface area contributed by atoms with Crippen LogP contribution in [0.1, 0.15) is 17.5 Å². The third-order valence-electron chi connectivity index (χ3n) is 5.82. The van der Waals surface area contributed by atoms with Gasteiger partial charge in [0.15, 0.2) is 0 Å². The average molecular weight is 467 g/mol. The van der Waals surface area contributed by atoms with Crippen molar-refractivity contribution < 1.29 is 22.8 Å². The monoisotopic (exact) mass is 466 g/mol. The summed E-state index contributed by atoms with van der Waals surface area (Å²) < 4.78 is 38.5. The molecule has 0 radical (unpaired) electrons. The van der Waals surface area contributed by atoms with Gasteiger partial charge >= 0.3 is 6.18 Å². The van der Waals surface area contributed by atoms with Crippen molar-refractivity contribution in [2.24, 2.45) is 5.92 Å². The number of carbonyl (C=O) groups is 2. The van der Waals surface area contributed by atoms with E-state index in [0.29, 0.717) is 39.3 Å². The Balaban J connectivity index is 1.33. The summed E-state index contributed by atoms with van der Waals surface area (Å²) >= 11 is 6.04. The maximum Gasteiger partial charge on any atom is 0.417 e. The van der Waals surface area contributed by atoms with Gasteiger partial charge in [-0.15, -0.1) is 0 Å². The molecule has 2 aliphatic rings. The van der Waals surface area contributed by atoms with Gasteiger partial charge in [0.05, 0.1) is 16.5 Å². The highest BCUT2D eigenvalue weighted by atomic mass is 35.5.